The maximum Gasteiger partial charge on any atom is 0.264 e. The molecular formula is C33H34ClN3O5S. The van der Waals surface area contributed by atoms with E-state index in [0.29, 0.717) is 22.9 Å². The highest BCUT2D eigenvalue weighted by atomic mass is 35.5. The lowest BCUT2D eigenvalue weighted by Crippen LogP contribution is -2.53. The first-order chi connectivity index (χ1) is 20.7. The van der Waals surface area contributed by atoms with Crippen molar-refractivity contribution in [2.75, 3.05) is 24.5 Å². The molecule has 1 N–H and O–H groups in total. The fraction of sp³-hybridized carbons (Fsp3) is 0.212. The summed E-state index contributed by atoms with van der Waals surface area (Å²) in [6.07, 6.45) is 0.224. The van der Waals surface area contributed by atoms with Gasteiger partial charge in [0.25, 0.3) is 10.0 Å². The molecule has 0 aliphatic rings. The number of hydrogen-bond acceptors (Lipinski definition) is 5. The number of rotatable bonds is 13. The zero-order valence-electron chi connectivity index (χ0n) is 24.0. The van der Waals surface area contributed by atoms with E-state index >= 15 is 0 Å². The van der Waals surface area contributed by atoms with Gasteiger partial charge >= 0.3 is 0 Å². The van der Waals surface area contributed by atoms with Crippen LogP contribution < -0.4 is 14.4 Å². The lowest BCUT2D eigenvalue weighted by Gasteiger charge is -2.33. The molecule has 0 aromatic heterocycles. The smallest absolute Gasteiger partial charge is 0.264 e. The second kappa shape index (κ2) is 14.7. The normalized spacial score (nSPS) is 11.8. The van der Waals surface area contributed by atoms with Gasteiger partial charge in [-0.25, -0.2) is 8.42 Å². The predicted octanol–water partition coefficient (Wildman–Crippen LogP) is 5.32. The average Bonchev–Trinajstić information content (AvgIpc) is 3.02. The van der Waals surface area contributed by atoms with Crippen LogP contribution in [0.4, 0.5) is 5.69 Å². The van der Waals surface area contributed by atoms with E-state index in [1.54, 1.807) is 66.7 Å². The number of amides is 2. The molecule has 0 bridgehead atoms. The van der Waals surface area contributed by atoms with Crippen LogP contribution in [0, 0.1) is 0 Å². The molecule has 1 atom stereocenters. The number of nitrogens with one attached hydrogen (secondary N) is 1. The maximum absolute atomic E-state index is 14.3. The number of anilines is 1. The Bertz CT molecular complexity index is 1620. The summed E-state index contributed by atoms with van der Waals surface area (Å²) in [5.41, 5.74) is 1.82. The fourth-order valence-electron chi connectivity index (χ4n) is 4.68. The third kappa shape index (κ3) is 8.15. The van der Waals surface area contributed by atoms with E-state index in [1.807, 2.05) is 37.3 Å². The van der Waals surface area contributed by atoms with Crippen molar-refractivity contribution in [2.24, 2.45) is 0 Å². The van der Waals surface area contributed by atoms with Crippen LogP contribution in [-0.2, 0) is 32.6 Å². The number of benzene rings is 4. The van der Waals surface area contributed by atoms with Crippen molar-refractivity contribution in [2.45, 2.75) is 30.8 Å². The van der Waals surface area contributed by atoms with Crippen molar-refractivity contribution in [3.8, 4) is 5.75 Å². The Hall–Kier alpha value is -4.34. The SMILES string of the molecule is CCOc1ccc(N(CC(=O)N(Cc2cccc(Cl)c2)[C@@H](Cc2ccccc2)C(=O)NC)S(=O)(=O)c2ccccc2)cc1. The van der Waals surface area contributed by atoms with Gasteiger partial charge in [-0.2, -0.15) is 0 Å². The van der Waals surface area contributed by atoms with Crippen LogP contribution in [0.15, 0.2) is 114 Å². The van der Waals surface area contributed by atoms with E-state index in [4.69, 9.17) is 16.3 Å². The first kappa shape index (κ1) is 31.6. The molecule has 0 aliphatic carbocycles. The molecule has 0 spiro atoms. The minimum absolute atomic E-state index is 0.0326. The number of nitrogens with zero attached hydrogens (tertiary/aromatic N) is 2. The molecule has 0 heterocycles. The molecule has 10 heteroatoms. The number of carbonyl (C=O) groups is 2. The quantitative estimate of drug-likeness (QED) is 0.219. The highest BCUT2D eigenvalue weighted by Gasteiger charge is 2.34. The van der Waals surface area contributed by atoms with Crippen molar-refractivity contribution >= 4 is 39.1 Å². The molecule has 0 saturated heterocycles. The van der Waals surface area contributed by atoms with Gasteiger partial charge in [0, 0.05) is 25.0 Å². The van der Waals surface area contributed by atoms with Crippen molar-refractivity contribution in [3.63, 3.8) is 0 Å². The zero-order valence-corrected chi connectivity index (χ0v) is 25.6. The van der Waals surface area contributed by atoms with Crippen molar-refractivity contribution in [1.29, 1.82) is 0 Å². The Morgan fingerprint density at radius 2 is 1.49 bits per heavy atom. The van der Waals surface area contributed by atoms with E-state index in [0.717, 1.165) is 9.87 Å². The van der Waals surface area contributed by atoms with Gasteiger partial charge in [-0.3, -0.25) is 13.9 Å². The summed E-state index contributed by atoms with van der Waals surface area (Å²) in [5.74, 6) is -0.365. The standard InChI is InChI=1S/C33H34ClN3O5S/c1-3-42-29-19-17-28(18-20-29)37(43(40,41)30-15-8-5-9-16-30)24-32(38)36(23-26-13-10-14-27(34)21-26)31(33(39)35-2)22-25-11-6-4-7-12-25/h4-21,31H,3,22-24H2,1-2H3,(H,35,39)/t31-/m0/s1. The number of likely N-dealkylation sites (N-methyl/N-ethyl adjacent to an activating group) is 1. The molecule has 2 amide bonds. The summed E-state index contributed by atoms with van der Waals surface area (Å²) in [6.45, 7) is 1.79. The Morgan fingerprint density at radius 1 is 0.860 bits per heavy atom. The highest BCUT2D eigenvalue weighted by molar-refractivity contribution is 7.92. The first-order valence-electron chi connectivity index (χ1n) is 13.8. The molecule has 224 valence electrons. The van der Waals surface area contributed by atoms with Gasteiger partial charge in [0.1, 0.15) is 18.3 Å². The largest absolute Gasteiger partial charge is 0.494 e. The Kier molecular flexibility index (Phi) is 10.8. The van der Waals surface area contributed by atoms with Gasteiger partial charge in [-0.15, -0.1) is 0 Å². The minimum atomic E-state index is -4.17. The van der Waals surface area contributed by atoms with Crippen molar-refractivity contribution in [3.05, 3.63) is 125 Å². The topological polar surface area (TPSA) is 96.0 Å². The molecule has 0 saturated carbocycles. The number of carbonyl (C=O) groups excluding carboxylic acids is 2. The van der Waals surface area contributed by atoms with Crippen molar-refractivity contribution in [1.82, 2.24) is 10.2 Å². The molecule has 4 aromatic rings. The summed E-state index contributed by atoms with van der Waals surface area (Å²) in [5, 5.41) is 3.15. The molecule has 0 unspecified atom stereocenters. The minimum Gasteiger partial charge on any atom is -0.494 e. The van der Waals surface area contributed by atoms with E-state index in [2.05, 4.69) is 5.32 Å². The Balaban J connectivity index is 1.77. The summed E-state index contributed by atoms with van der Waals surface area (Å²) < 4.78 is 34.6. The Labute approximate surface area is 257 Å². The molecule has 43 heavy (non-hydrogen) atoms. The second-order valence-corrected chi connectivity index (χ2v) is 12.0. The van der Waals surface area contributed by atoms with Crippen LogP contribution in [0.5, 0.6) is 5.75 Å². The lowest BCUT2D eigenvalue weighted by atomic mass is 10.0. The Morgan fingerprint density at radius 3 is 2.09 bits per heavy atom. The third-order valence-corrected chi connectivity index (χ3v) is 8.83. The molecule has 0 fully saturated rings. The number of sulfonamides is 1. The monoisotopic (exact) mass is 619 g/mol. The number of ether oxygens (including phenoxy) is 1. The van der Waals surface area contributed by atoms with Gasteiger partial charge in [-0.1, -0.05) is 72.3 Å². The van der Waals surface area contributed by atoms with E-state index in [1.165, 1.54) is 24.1 Å². The molecule has 4 rings (SSSR count). The summed E-state index contributed by atoms with van der Waals surface area (Å²) >= 11 is 6.25. The molecular weight excluding hydrogens is 586 g/mol. The van der Waals surface area contributed by atoms with Crippen LogP contribution in [-0.4, -0.2) is 51.4 Å². The second-order valence-electron chi connectivity index (χ2n) is 9.72. The fourth-order valence-corrected chi connectivity index (χ4v) is 6.32. The van der Waals surface area contributed by atoms with Crippen LogP contribution in [0.25, 0.3) is 0 Å². The van der Waals surface area contributed by atoms with Crippen LogP contribution >= 0.6 is 11.6 Å². The molecule has 0 aliphatic heterocycles. The average molecular weight is 620 g/mol. The number of halogens is 1. The van der Waals surface area contributed by atoms with Gasteiger partial charge < -0.3 is 15.0 Å². The predicted molar refractivity (Wildman–Crippen MR) is 169 cm³/mol. The van der Waals surface area contributed by atoms with Crippen LogP contribution in [0.1, 0.15) is 18.1 Å². The van der Waals surface area contributed by atoms with E-state index in [-0.39, 0.29) is 29.5 Å². The molecule has 8 nitrogen and oxygen atoms in total. The van der Waals surface area contributed by atoms with Gasteiger partial charge in [-0.05, 0) is 66.6 Å². The number of hydrogen-bond donors (Lipinski definition) is 1. The van der Waals surface area contributed by atoms with Crippen LogP contribution in [0.3, 0.4) is 0 Å². The van der Waals surface area contributed by atoms with Crippen LogP contribution in [0.2, 0.25) is 5.02 Å². The summed E-state index contributed by atoms with van der Waals surface area (Å²) in [4.78, 5) is 29.1. The van der Waals surface area contributed by atoms with E-state index < -0.39 is 28.5 Å². The molecule has 0 radical (unpaired) electrons. The van der Waals surface area contributed by atoms with Gasteiger partial charge in [0.05, 0.1) is 17.2 Å². The lowest BCUT2D eigenvalue weighted by molar-refractivity contribution is -0.139. The molecule has 4 aromatic carbocycles. The van der Waals surface area contributed by atoms with Gasteiger partial charge in [0.15, 0.2) is 0 Å². The van der Waals surface area contributed by atoms with Crippen molar-refractivity contribution < 1.29 is 22.7 Å². The summed E-state index contributed by atoms with van der Waals surface area (Å²) in [7, 11) is -2.67. The third-order valence-electron chi connectivity index (χ3n) is 6.81. The van der Waals surface area contributed by atoms with E-state index in [9.17, 15) is 18.0 Å². The zero-order chi connectivity index (χ0) is 30.8. The van der Waals surface area contributed by atoms with Gasteiger partial charge in [0.2, 0.25) is 11.8 Å². The maximum atomic E-state index is 14.3. The highest BCUT2D eigenvalue weighted by Crippen LogP contribution is 2.27. The first-order valence-corrected chi connectivity index (χ1v) is 15.6. The summed E-state index contributed by atoms with van der Waals surface area (Å²) in [6, 6.07) is 29.9.